The van der Waals surface area contributed by atoms with E-state index in [1.165, 1.54) is 10.7 Å². The van der Waals surface area contributed by atoms with Crippen molar-refractivity contribution >= 4 is 16.0 Å². The second-order valence-corrected chi connectivity index (χ2v) is 8.55. The summed E-state index contributed by atoms with van der Waals surface area (Å²) in [6, 6.07) is 0.244. The Bertz CT molecular complexity index is 459. The summed E-state index contributed by atoms with van der Waals surface area (Å²) in [5, 5.41) is 3.12. The Morgan fingerprint density at radius 3 is 2.52 bits per heavy atom. The number of nitrogens with zero attached hydrogens (tertiary/aromatic N) is 2. The number of morpholine rings is 1. The third-order valence-corrected chi connectivity index (χ3v) is 5.66. The molecule has 0 aliphatic carbocycles. The van der Waals surface area contributed by atoms with Crippen molar-refractivity contribution in [2.24, 2.45) is 16.6 Å². The number of aliphatic imine (C=N–C) groups is 1. The lowest BCUT2D eigenvalue weighted by molar-refractivity contribution is 0.0731. The molecule has 0 aromatic carbocycles. The highest BCUT2D eigenvalue weighted by molar-refractivity contribution is 7.89. The van der Waals surface area contributed by atoms with Gasteiger partial charge in [-0.1, -0.05) is 26.7 Å². The van der Waals surface area contributed by atoms with Gasteiger partial charge in [0.2, 0.25) is 10.0 Å². The summed E-state index contributed by atoms with van der Waals surface area (Å²) in [6.07, 6.45) is 3.37. The monoisotopic (exact) mass is 348 g/mol. The van der Waals surface area contributed by atoms with Gasteiger partial charge in [-0.05, 0) is 19.3 Å². The van der Waals surface area contributed by atoms with Gasteiger partial charge in [0.1, 0.15) is 0 Å². The van der Waals surface area contributed by atoms with Gasteiger partial charge in [-0.2, -0.15) is 4.31 Å². The lowest BCUT2D eigenvalue weighted by Crippen LogP contribution is -2.42. The Balaban J connectivity index is 2.29. The van der Waals surface area contributed by atoms with Crippen LogP contribution in [0.5, 0.6) is 0 Å². The van der Waals surface area contributed by atoms with Gasteiger partial charge in [-0.15, -0.1) is 0 Å². The topological polar surface area (TPSA) is 97.0 Å². The van der Waals surface area contributed by atoms with Crippen molar-refractivity contribution in [2.45, 2.75) is 46.1 Å². The molecule has 1 rings (SSSR count). The molecule has 7 nitrogen and oxygen atoms in total. The minimum Gasteiger partial charge on any atom is -0.379 e. The van der Waals surface area contributed by atoms with E-state index >= 15 is 0 Å². The van der Waals surface area contributed by atoms with Crippen LogP contribution in [0.25, 0.3) is 0 Å². The fourth-order valence-corrected chi connectivity index (χ4v) is 3.72. The maximum atomic E-state index is 12.1. The maximum absolute atomic E-state index is 12.1. The zero-order valence-electron chi connectivity index (χ0n) is 14.6. The zero-order chi connectivity index (χ0) is 17.3. The lowest BCUT2D eigenvalue weighted by atomic mass is 10.0. The van der Waals surface area contributed by atoms with Crippen LogP contribution in [-0.2, 0) is 14.8 Å². The third kappa shape index (κ3) is 8.53. The fourth-order valence-electron chi connectivity index (χ4n) is 2.44. The van der Waals surface area contributed by atoms with Crippen LogP contribution < -0.4 is 11.1 Å². The maximum Gasteiger partial charge on any atom is 0.216 e. The molecule has 23 heavy (non-hydrogen) atoms. The van der Waals surface area contributed by atoms with Crippen LogP contribution in [0.3, 0.4) is 0 Å². The first-order chi connectivity index (χ1) is 10.8. The molecule has 1 saturated heterocycles. The van der Waals surface area contributed by atoms with Crippen LogP contribution >= 0.6 is 0 Å². The molecule has 1 aliphatic heterocycles. The van der Waals surface area contributed by atoms with E-state index in [1.807, 2.05) is 0 Å². The molecule has 3 N–H and O–H groups in total. The largest absolute Gasteiger partial charge is 0.379 e. The highest BCUT2D eigenvalue weighted by Gasteiger charge is 2.23. The summed E-state index contributed by atoms with van der Waals surface area (Å²) in [5.41, 5.74) is 5.82. The molecule has 136 valence electrons. The van der Waals surface area contributed by atoms with E-state index in [1.54, 1.807) is 0 Å². The minimum absolute atomic E-state index is 0.0168. The van der Waals surface area contributed by atoms with E-state index in [9.17, 15) is 8.42 Å². The normalized spacial score (nSPS) is 19.0. The Kier molecular flexibility index (Phi) is 8.86. The molecule has 0 amide bonds. The predicted molar refractivity (Wildman–Crippen MR) is 94.0 cm³/mol. The van der Waals surface area contributed by atoms with Gasteiger partial charge in [0, 0.05) is 19.1 Å². The Morgan fingerprint density at radius 2 is 1.91 bits per heavy atom. The molecule has 0 aromatic rings. The van der Waals surface area contributed by atoms with E-state index < -0.39 is 10.0 Å². The van der Waals surface area contributed by atoms with Gasteiger partial charge >= 0.3 is 0 Å². The average molecular weight is 349 g/mol. The van der Waals surface area contributed by atoms with E-state index in [0.717, 1.165) is 12.8 Å². The van der Waals surface area contributed by atoms with Crippen LogP contribution in [0.2, 0.25) is 0 Å². The first-order valence-corrected chi connectivity index (χ1v) is 10.0. The van der Waals surface area contributed by atoms with Crippen LogP contribution in [0.4, 0.5) is 0 Å². The van der Waals surface area contributed by atoms with E-state index in [4.69, 9.17) is 10.5 Å². The number of ether oxygens (including phenoxy) is 1. The number of nitrogens with one attached hydrogen (secondary N) is 1. The number of guanidine groups is 1. The number of nitrogens with two attached hydrogens (primary N) is 1. The summed E-state index contributed by atoms with van der Waals surface area (Å²) in [5.74, 6) is 1.01. The van der Waals surface area contributed by atoms with Crippen LogP contribution in [0.1, 0.15) is 40.0 Å². The van der Waals surface area contributed by atoms with Crippen molar-refractivity contribution in [1.29, 1.82) is 0 Å². The average Bonchev–Trinajstić information content (AvgIpc) is 2.47. The van der Waals surface area contributed by atoms with Gasteiger partial charge in [-0.25, -0.2) is 8.42 Å². The number of rotatable bonds is 9. The highest BCUT2D eigenvalue weighted by Crippen LogP contribution is 2.08. The molecule has 1 fully saturated rings. The molecule has 8 heteroatoms. The Labute approximate surface area is 140 Å². The molecule has 1 atom stereocenters. The summed E-state index contributed by atoms with van der Waals surface area (Å²) in [7, 11) is -3.27. The van der Waals surface area contributed by atoms with Crippen molar-refractivity contribution in [3.8, 4) is 0 Å². The molecule has 1 unspecified atom stereocenters. The van der Waals surface area contributed by atoms with Crippen molar-refractivity contribution in [2.75, 3.05) is 38.6 Å². The summed E-state index contributed by atoms with van der Waals surface area (Å²) < 4.78 is 30.9. The van der Waals surface area contributed by atoms with E-state index in [-0.39, 0.29) is 18.3 Å². The SMILES string of the molecule is CC(C)CCCC(C)NC(N)=NCCS(=O)(=O)N1CCOCC1. The standard InChI is InChI=1S/C15H32N4O3S/c1-13(2)5-4-6-14(3)18-15(16)17-7-12-23(20,21)19-8-10-22-11-9-19/h13-14H,4-12H2,1-3H3,(H3,16,17,18). The summed E-state index contributed by atoms with van der Waals surface area (Å²) >= 11 is 0. The van der Waals surface area contributed by atoms with Gasteiger partial charge in [-0.3, -0.25) is 4.99 Å². The van der Waals surface area contributed by atoms with Crippen LogP contribution in [0.15, 0.2) is 4.99 Å². The molecule has 0 aromatic heterocycles. The molecular formula is C15H32N4O3S. The fraction of sp³-hybridized carbons (Fsp3) is 0.933. The molecule has 1 aliphatic rings. The molecule has 0 spiro atoms. The first-order valence-electron chi connectivity index (χ1n) is 8.43. The second kappa shape index (κ2) is 10.1. The van der Waals surface area contributed by atoms with Gasteiger partial charge in [0.25, 0.3) is 0 Å². The van der Waals surface area contributed by atoms with Crippen molar-refractivity contribution in [3.63, 3.8) is 0 Å². The predicted octanol–water partition coefficient (Wildman–Crippen LogP) is 0.768. The summed E-state index contributed by atoms with van der Waals surface area (Å²) in [6.45, 7) is 8.43. The number of hydrogen-bond donors (Lipinski definition) is 2. The quantitative estimate of drug-likeness (QED) is 0.474. The third-order valence-electron chi connectivity index (χ3n) is 3.81. The smallest absolute Gasteiger partial charge is 0.216 e. The van der Waals surface area contributed by atoms with Gasteiger partial charge in [0.15, 0.2) is 5.96 Å². The van der Waals surface area contributed by atoms with Crippen LogP contribution in [-0.4, -0.2) is 63.3 Å². The summed E-state index contributed by atoms with van der Waals surface area (Å²) in [4.78, 5) is 4.13. The van der Waals surface area contributed by atoms with Crippen molar-refractivity contribution < 1.29 is 13.2 Å². The minimum atomic E-state index is -3.27. The van der Waals surface area contributed by atoms with E-state index in [2.05, 4.69) is 31.1 Å². The van der Waals surface area contributed by atoms with Gasteiger partial charge < -0.3 is 15.8 Å². The molecular weight excluding hydrogens is 316 g/mol. The second-order valence-electron chi connectivity index (χ2n) is 6.46. The number of sulfonamides is 1. The van der Waals surface area contributed by atoms with Crippen molar-refractivity contribution in [1.82, 2.24) is 9.62 Å². The Morgan fingerprint density at radius 1 is 1.26 bits per heavy atom. The highest BCUT2D eigenvalue weighted by atomic mass is 32.2. The van der Waals surface area contributed by atoms with Crippen LogP contribution in [0, 0.1) is 5.92 Å². The lowest BCUT2D eigenvalue weighted by Gasteiger charge is -2.25. The van der Waals surface area contributed by atoms with E-state index in [0.29, 0.717) is 38.2 Å². The zero-order valence-corrected chi connectivity index (χ0v) is 15.4. The Hall–Kier alpha value is -0.860. The molecule has 0 radical (unpaired) electrons. The molecule has 0 saturated carbocycles. The number of hydrogen-bond acceptors (Lipinski definition) is 4. The molecule has 1 heterocycles. The van der Waals surface area contributed by atoms with Crippen molar-refractivity contribution in [3.05, 3.63) is 0 Å². The molecule has 0 bridgehead atoms. The first kappa shape index (κ1) is 20.2. The van der Waals surface area contributed by atoms with Gasteiger partial charge in [0.05, 0.1) is 25.5 Å².